The molecular weight excluding hydrogens is 240 g/mol. The summed E-state index contributed by atoms with van der Waals surface area (Å²) >= 11 is 1.26. The highest BCUT2D eigenvalue weighted by Crippen LogP contribution is 2.28. The zero-order valence-corrected chi connectivity index (χ0v) is 10.5. The Kier molecular flexibility index (Phi) is 5.75. The minimum absolute atomic E-state index is 0.177. The monoisotopic (exact) mass is 258 g/mol. The van der Waals surface area contributed by atoms with Crippen LogP contribution in [0.3, 0.4) is 0 Å². The molecule has 1 rings (SSSR count). The molecule has 5 nitrogen and oxygen atoms in total. The molecule has 1 aliphatic carbocycles. The third-order valence-electron chi connectivity index (χ3n) is 2.80. The van der Waals surface area contributed by atoms with Crippen molar-refractivity contribution in [2.24, 2.45) is 0 Å². The van der Waals surface area contributed by atoms with Gasteiger partial charge in [-0.15, -0.1) is 11.8 Å². The van der Waals surface area contributed by atoms with E-state index in [0.717, 1.165) is 25.7 Å². The molecule has 1 amide bonds. The molecule has 17 heavy (non-hydrogen) atoms. The molecule has 1 aliphatic rings. The molecule has 1 saturated carbocycles. The van der Waals surface area contributed by atoms with Gasteiger partial charge in [-0.2, -0.15) is 5.26 Å². The predicted octanol–water partition coefficient (Wildman–Crippen LogP) is 0.0254. The summed E-state index contributed by atoms with van der Waals surface area (Å²) in [6.45, 7) is -0.295. The Labute approximate surface area is 105 Å². The van der Waals surface area contributed by atoms with Crippen LogP contribution in [0.15, 0.2) is 0 Å². The third-order valence-corrected chi connectivity index (χ3v) is 3.89. The van der Waals surface area contributed by atoms with E-state index in [2.05, 4.69) is 11.4 Å². The van der Waals surface area contributed by atoms with E-state index in [9.17, 15) is 4.79 Å². The molecule has 0 aromatic carbocycles. The predicted molar refractivity (Wildman–Crippen MR) is 65.4 cm³/mol. The third kappa shape index (κ3) is 4.54. The van der Waals surface area contributed by atoms with Crippen molar-refractivity contribution < 1.29 is 15.0 Å². The first-order chi connectivity index (χ1) is 8.12. The fraction of sp³-hybridized carbons (Fsp3) is 0.818. The van der Waals surface area contributed by atoms with Crippen LogP contribution in [0.4, 0.5) is 0 Å². The van der Waals surface area contributed by atoms with E-state index in [4.69, 9.17) is 15.5 Å². The van der Waals surface area contributed by atoms with Crippen LogP contribution in [0.5, 0.6) is 0 Å². The lowest BCUT2D eigenvalue weighted by Crippen LogP contribution is -2.46. The number of aliphatic hydroxyl groups is 2. The lowest BCUT2D eigenvalue weighted by molar-refractivity contribution is -0.119. The molecule has 0 saturated heterocycles. The van der Waals surface area contributed by atoms with Crippen LogP contribution in [0.25, 0.3) is 0 Å². The molecule has 1 atom stereocenters. The van der Waals surface area contributed by atoms with Crippen LogP contribution in [-0.2, 0) is 4.79 Å². The smallest absolute Gasteiger partial charge is 0.231 e. The molecule has 0 aliphatic heterocycles. The molecule has 0 aromatic heterocycles. The van der Waals surface area contributed by atoms with E-state index in [1.165, 1.54) is 11.8 Å². The van der Waals surface area contributed by atoms with E-state index in [1.54, 1.807) is 0 Å². The second-order valence-corrected chi connectivity index (χ2v) is 5.33. The maximum Gasteiger partial charge on any atom is 0.231 e. The summed E-state index contributed by atoms with van der Waals surface area (Å²) in [4.78, 5) is 11.6. The van der Waals surface area contributed by atoms with Crippen molar-refractivity contribution in [1.82, 2.24) is 5.32 Å². The summed E-state index contributed by atoms with van der Waals surface area (Å²) in [7, 11) is 0. The highest BCUT2D eigenvalue weighted by molar-refractivity contribution is 7.99. The van der Waals surface area contributed by atoms with Crippen LogP contribution < -0.4 is 5.32 Å². The first-order valence-electron chi connectivity index (χ1n) is 5.71. The Morgan fingerprint density at radius 1 is 1.53 bits per heavy atom. The average molecular weight is 258 g/mol. The van der Waals surface area contributed by atoms with Crippen LogP contribution in [0, 0.1) is 11.3 Å². The van der Waals surface area contributed by atoms with Crippen molar-refractivity contribution in [3.05, 3.63) is 0 Å². The number of amides is 1. The van der Waals surface area contributed by atoms with Crippen molar-refractivity contribution in [2.75, 3.05) is 18.1 Å². The van der Waals surface area contributed by atoms with Crippen molar-refractivity contribution in [1.29, 1.82) is 5.26 Å². The van der Waals surface area contributed by atoms with E-state index in [1.807, 2.05) is 0 Å². The number of thioether (sulfide) groups is 1. The number of hydrogen-bond acceptors (Lipinski definition) is 5. The van der Waals surface area contributed by atoms with Gasteiger partial charge in [-0.25, -0.2) is 0 Å². The second kappa shape index (κ2) is 6.84. The molecule has 0 spiro atoms. The molecule has 0 bridgehead atoms. The van der Waals surface area contributed by atoms with Gasteiger partial charge in [0.15, 0.2) is 0 Å². The lowest BCUT2D eigenvalue weighted by atomic mass is 10.0. The zero-order chi connectivity index (χ0) is 12.7. The van der Waals surface area contributed by atoms with Crippen molar-refractivity contribution in [2.45, 2.75) is 37.3 Å². The minimum atomic E-state index is -0.788. The maximum absolute atomic E-state index is 11.6. The van der Waals surface area contributed by atoms with Crippen LogP contribution in [0.1, 0.15) is 25.7 Å². The summed E-state index contributed by atoms with van der Waals surface area (Å²) in [5.41, 5.74) is -0.673. The van der Waals surface area contributed by atoms with Gasteiger partial charge in [-0.1, -0.05) is 0 Å². The fourth-order valence-corrected chi connectivity index (χ4v) is 2.64. The summed E-state index contributed by atoms with van der Waals surface area (Å²) in [5, 5.41) is 29.5. The summed E-state index contributed by atoms with van der Waals surface area (Å²) in [6.07, 6.45) is 2.61. The van der Waals surface area contributed by atoms with Gasteiger partial charge in [0, 0.05) is 5.75 Å². The van der Waals surface area contributed by atoms with E-state index in [0.29, 0.717) is 5.75 Å². The van der Waals surface area contributed by atoms with E-state index in [-0.39, 0.29) is 18.3 Å². The standard InChI is InChI=1S/C11H18N2O3S/c12-8-11(3-1-2-4-11)13-10(16)7-17-6-9(15)5-14/h9,14-15H,1-7H2,(H,13,16). The topological polar surface area (TPSA) is 93.4 Å². The Balaban J connectivity index is 2.27. The Bertz CT molecular complexity index is 298. The van der Waals surface area contributed by atoms with Gasteiger partial charge in [0.2, 0.25) is 5.91 Å². The van der Waals surface area contributed by atoms with Crippen LogP contribution in [-0.4, -0.2) is 45.9 Å². The highest BCUT2D eigenvalue weighted by atomic mass is 32.2. The number of nitrogens with one attached hydrogen (secondary N) is 1. The Morgan fingerprint density at radius 3 is 2.71 bits per heavy atom. The summed E-state index contributed by atoms with van der Waals surface area (Å²) in [6, 6.07) is 2.19. The summed E-state index contributed by atoms with van der Waals surface area (Å²) < 4.78 is 0. The molecule has 0 aromatic rings. The molecule has 6 heteroatoms. The molecule has 96 valence electrons. The van der Waals surface area contributed by atoms with Gasteiger partial charge in [-0.05, 0) is 25.7 Å². The number of carbonyl (C=O) groups is 1. The number of carbonyl (C=O) groups excluding carboxylic acids is 1. The number of nitrogens with zero attached hydrogens (tertiary/aromatic N) is 1. The molecule has 0 heterocycles. The minimum Gasteiger partial charge on any atom is -0.394 e. The van der Waals surface area contributed by atoms with Crippen molar-refractivity contribution >= 4 is 17.7 Å². The number of aliphatic hydroxyl groups excluding tert-OH is 2. The van der Waals surface area contributed by atoms with Crippen molar-refractivity contribution in [3.8, 4) is 6.07 Å². The quantitative estimate of drug-likeness (QED) is 0.625. The van der Waals surface area contributed by atoms with Gasteiger partial charge in [-0.3, -0.25) is 4.79 Å². The Hall–Kier alpha value is -0.770. The second-order valence-electron chi connectivity index (χ2n) is 4.30. The number of hydrogen-bond donors (Lipinski definition) is 3. The Morgan fingerprint density at radius 2 is 2.18 bits per heavy atom. The summed E-state index contributed by atoms with van der Waals surface area (Å²) in [5.74, 6) is 0.354. The molecule has 0 radical (unpaired) electrons. The fourth-order valence-electron chi connectivity index (χ4n) is 1.89. The average Bonchev–Trinajstić information content (AvgIpc) is 2.78. The normalized spacial score (nSPS) is 19.6. The maximum atomic E-state index is 11.6. The zero-order valence-electron chi connectivity index (χ0n) is 9.69. The first-order valence-corrected chi connectivity index (χ1v) is 6.86. The number of rotatable bonds is 6. The highest BCUT2D eigenvalue weighted by Gasteiger charge is 2.35. The SMILES string of the molecule is N#CC1(NC(=O)CSCC(O)CO)CCCC1. The van der Waals surface area contributed by atoms with E-state index >= 15 is 0 Å². The lowest BCUT2D eigenvalue weighted by Gasteiger charge is -2.21. The van der Waals surface area contributed by atoms with Crippen molar-refractivity contribution in [3.63, 3.8) is 0 Å². The molecule has 1 fully saturated rings. The van der Waals surface area contributed by atoms with Gasteiger partial charge in [0.1, 0.15) is 5.54 Å². The van der Waals surface area contributed by atoms with E-state index < -0.39 is 11.6 Å². The molecule has 3 N–H and O–H groups in total. The largest absolute Gasteiger partial charge is 0.394 e. The molecular formula is C11H18N2O3S. The van der Waals surface area contributed by atoms with Gasteiger partial charge in [0.05, 0.1) is 24.5 Å². The number of nitriles is 1. The first kappa shape index (κ1) is 14.3. The van der Waals surface area contributed by atoms with Crippen LogP contribution >= 0.6 is 11.8 Å². The van der Waals surface area contributed by atoms with Crippen LogP contribution in [0.2, 0.25) is 0 Å². The molecule has 1 unspecified atom stereocenters. The van der Waals surface area contributed by atoms with Gasteiger partial charge in [0.25, 0.3) is 0 Å². The van der Waals surface area contributed by atoms with Gasteiger partial charge < -0.3 is 15.5 Å². The van der Waals surface area contributed by atoms with Gasteiger partial charge >= 0.3 is 0 Å².